The minimum atomic E-state index is -0.441. The van der Waals surface area contributed by atoms with Crippen molar-refractivity contribution in [1.82, 2.24) is 9.88 Å². The molecule has 1 aromatic rings. The van der Waals surface area contributed by atoms with Crippen LogP contribution in [0.4, 0.5) is 11.5 Å². The Morgan fingerprint density at radius 1 is 1.50 bits per heavy atom. The predicted molar refractivity (Wildman–Crippen MR) is 69.7 cm³/mol. The zero-order valence-electron chi connectivity index (χ0n) is 10.5. The minimum Gasteiger partial charge on any atom is -0.369 e. The third-order valence-electron chi connectivity index (χ3n) is 3.30. The Labute approximate surface area is 106 Å². The van der Waals surface area contributed by atoms with Crippen LogP contribution in [0.15, 0.2) is 18.3 Å². The first-order valence-electron chi connectivity index (χ1n) is 6.25. The Hall–Kier alpha value is -1.69. The minimum absolute atomic E-state index is 0.0214. The van der Waals surface area contributed by atoms with Crippen LogP contribution in [0.3, 0.4) is 0 Å². The van der Waals surface area contributed by atoms with Gasteiger partial charge in [-0.3, -0.25) is 15.0 Å². The molecule has 1 unspecified atom stereocenters. The largest absolute Gasteiger partial charge is 0.369 e. The van der Waals surface area contributed by atoms with Gasteiger partial charge in [0, 0.05) is 18.7 Å². The molecule has 0 spiro atoms. The lowest BCUT2D eigenvalue weighted by atomic mass is 10.3. The Morgan fingerprint density at radius 3 is 2.78 bits per heavy atom. The Morgan fingerprint density at radius 2 is 2.22 bits per heavy atom. The monoisotopic (exact) mass is 250 g/mol. The van der Waals surface area contributed by atoms with Crippen molar-refractivity contribution >= 4 is 11.5 Å². The first-order chi connectivity index (χ1) is 8.66. The van der Waals surface area contributed by atoms with Crippen LogP contribution >= 0.6 is 0 Å². The number of anilines is 1. The van der Waals surface area contributed by atoms with Crippen molar-refractivity contribution in [3.8, 4) is 0 Å². The molecule has 1 aliphatic rings. The van der Waals surface area contributed by atoms with Crippen LogP contribution in [0, 0.1) is 10.1 Å². The molecule has 1 N–H and O–H groups in total. The van der Waals surface area contributed by atoms with Gasteiger partial charge in [0.05, 0.1) is 4.92 Å². The first kappa shape index (κ1) is 12.8. The molecule has 6 nitrogen and oxygen atoms in total. The van der Waals surface area contributed by atoms with Gasteiger partial charge in [-0.25, -0.2) is 4.98 Å². The van der Waals surface area contributed by atoms with Gasteiger partial charge in [0.1, 0.15) is 12.0 Å². The van der Waals surface area contributed by atoms with Crippen molar-refractivity contribution < 1.29 is 4.92 Å². The van der Waals surface area contributed by atoms with E-state index in [1.807, 2.05) is 0 Å². The van der Waals surface area contributed by atoms with Crippen LogP contribution in [-0.4, -0.2) is 40.5 Å². The molecule has 0 aromatic carbocycles. The fourth-order valence-corrected chi connectivity index (χ4v) is 2.16. The third-order valence-corrected chi connectivity index (χ3v) is 3.30. The van der Waals surface area contributed by atoms with Gasteiger partial charge in [-0.1, -0.05) is 0 Å². The highest BCUT2D eigenvalue weighted by molar-refractivity contribution is 5.40. The highest BCUT2D eigenvalue weighted by Crippen LogP contribution is 2.14. The SMILES string of the molecule is CC(CNc1ccc([N+](=O)[O-])cn1)N1CCCC1. The topological polar surface area (TPSA) is 71.3 Å². The molecule has 2 heterocycles. The fraction of sp³-hybridized carbons (Fsp3) is 0.583. The summed E-state index contributed by atoms with van der Waals surface area (Å²) in [6.07, 6.45) is 3.84. The number of nitro groups is 1. The second-order valence-corrected chi connectivity index (χ2v) is 4.63. The maximum absolute atomic E-state index is 10.5. The number of pyridine rings is 1. The summed E-state index contributed by atoms with van der Waals surface area (Å²) in [6, 6.07) is 3.58. The Bertz CT molecular complexity index is 401. The molecule has 6 heteroatoms. The molecule has 1 aliphatic heterocycles. The maximum Gasteiger partial charge on any atom is 0.287 e. The number of nitrogens with one attached hydrogen (secondary N) is 1. The van der Waals surface area contributed by atoms with Gasteiger partial charge in [0.2, 0.25) is 0 Å². The van der Waals surface area contributed by atoms with Gasteiger partial charge in [0.15, 0.2) is 0 Å². The summed E-state index contributed by atoms with van der Waals surface area (Å²) < 4.78 is 0. The van der Waals surface area contributed by atoms with Crippen molar-refractivity contribution in [1.29, 1.82) is 0 Å². The third kappa shape index (κ3) is 3.16. The lowest BCUT2D eigenvalue weighted by molar-refractivity contribution is -0.385. The van der Waals surface area contributed by atoms with E-state index in [0.717, 1.165) is 19.6 Å². The van der Waals surface area contributed by atoms with Crippen molar-refractivity contribution in [3.63, 3.8) is 0 Å². The molecule has 0 aliphatic carbocycles. The molecule has 2 rings (SSSR count). The highest BCUT2D eigenvalue weighted by atomic mass is 16.6. The predicted octanol–water partition coefficient (Wildman–Crippen LogP) is 1.89. The molecule has 0 radical (unpaired) electrons. The average molecular weight is 250 g/mol. The van der Waals surface area contributed by atoms with E-state index in [1.165, 1.54) is 25.1 Å². The van der Waals surface area contributed by atoms with E-state index in [9.17, 15) is 10.1 Å². The van der Waals surface area contributed by atoms with E-state index in [-0.39, 0.29) is 5.69 Å². The average Bonchev–Trinajstić information content (AvgIpc) is 2.90. The summed E-state index contributed by atoms with van der Waals surface area (Å²) in [5.74, 6) is 0.687. The van der Waals surface area contributed by atoms with Gasteiger partial charge in [-0.05, 0) is 38.9 Å². The number of aromatic nitrogens is 1. The van der Waals surface area contributed by atoms with Crippen LogP contribution in [0.25, 0.3) is 0 Å². The lowest BCUT2D eigenvalue weighted by Gasteiger charge is -2.23. The summed E-state index contributed by atoms with van der Waals surface area (Å²) in [6.45, 7) is 5.32. The van der Waals surface area contributed by atoms with E-state index in [1.54, 1.807) is 6.07 Å². The number of rotatable bonds is 5. The van der Waals surface area contributed by atoms with Crippen molar-refractivity contribution in [2.24, 2.45) is 0 Å². The lowest BCUT2D eigenvalue weighted by Crippen LogP contribution is -2.35. The molecular formula is C12H18N4O2. The van der Waals surface area contributed by atoms with Crippen LogP contribution in [-0.2, 0) is 0 Å². The highest BCUT2D eigenvalue weighted by Gasteiger charge is 2.17. The smallest absolute Gasteiger partial charge is 0.287 e. The number of nitrogens with zero attached hydrogens (tertiary/aromatic N) is 3. The van der Waals surface area contributed by atoms with Crippen LogP contribution in [0.1, 0.15) is 19.8 Å². The first-order valence-corrected chi connectivity index (χ1v) is 6.25. The van der Waals surface area contributed by atoms with E-state index < -0.39 is 4.92 Å². The summed E-state index contributed by atoms with van der Waals surface area (Å²) in [7, 11) is 0. The Balaban J connectivity index is 1.84. The quantitative estimate of drug-likeness (QED) is 0.638. The Kier molecular flexibility index (Phi) is 4.09. The zero-order chi connectivity index (χ0) is 13.0. The molecule has 1 saturated heterocycles. The zero-order valence-corrected chi connectivity index (χ0v) is 10.5. The molecule has 0 amide bonds. The molecule has 1 atom stereocenters. The van der Waals surface area contributed by atoms with Gasteiger partial charge >= 0.3 is 0 Å². The normalized spacial score (nSPS) is 17.6. The maximum atomic E-state index is 10.5. The van der Waals surface area contributed by atoms with Crippen LogP contribution < -0.4 is 5.32 Å². The van der Waals surface area contributed by atoms with E-state index in [0.29, 0.717) is 11.9 Å². The molecule has 18 heavy (non-hydrogen) atoms. The van der Waals surface area contributed by atoms with Gasteiger partial charge in [-0.2, -0.15) is 0 Å². The van der Waals surface area contributed by atoms with E-state index in [4.69, 9.17) is 0 Å². The van der Waals surface area contributed by atoms with E-state index in [2.05, 4.69) is 22.1 Å². The second-order valence-electron chi connectivity index (χ2n) is 4.63. The molecular weight excluding hydrogens is 232 g/mol. The number of hydrogen-bond acceptors (Lipinski definition) is 5. The van der Waals surface area contributed by atoms with Crippen LogP contribution in [0.2, 0.25) is 0 Å². The second kappa shape index (κ2) is 5.77. The fourth-order valence-electron chi connectivity index (χ4n) is 2.16. The van der Waals surface area contributed by atoms with Crippen molar-refractivity contribution in [2.75, 3.05) is 25.0 Å². The summed E-state index contributed by atoms with van der Waals surface area (Å²) in [4.78, 5) is 16.5. The molecule has 1 fully saturated rings. The van der Waals surface area contributed by atoms with E-state index >= 15 is 0 Å². The van der Waals surface area contributed by atoms with Crippen molar-refractivity contribution in [3.05, 3.63) is 28.4 Å². The summed E-state index contributed by atoms with van der Waals surface area (Å²) >= 11 is 0. The summed E-state index contributed by atoms with van der Waals surface area (Å²) in [5, 5.41) is 13.7. The molecule has 1 aromatic heterocycles. The van der Waals surface area contributed by atoms with Gasteiger partial charge in [-0.15, -0.1) is 0 Å². The summed E-state index contributed by atoms with van der Waals surface area (Å²) in [5.41, 5.74) is 0.0214. The number of likely N-dealkylation sites (tertiary alicyclic amines) is 1. The standard InChI is InChI=1S/C12H18N4O2/c1-10(15-6-2-3-7-15)8-13-12-5-4-11(9-14-12)16(17)18/h4-5,9-10H,2-3,6-8H2,1H3,(H,13,14). The molecule has 98 valence electrons. The van der Waals surface area contributed by atoms with Gasteiger partial charge in [0.25, 0.3) is 5.69 Å². The molecule has 0 saturated carbocycles. The van der Waals surface area contributed by atoms with Gasteiger partial charge < -0.3 is 5.32 Å². The van der Waals surface area contributed by atoms with Crippen LogP contribution in [0.5, 0.6) is 0 Å². The molecule has 0 bridgehead atoms. The number of hydrogen-bond donors (Lipinski definition) is 1. The van der Waals surface area contributed by atoms with Crippen molar-refractivity contribution in [2.45, 2.75) is 25.8 Å².